The van der Waals surface area contributed by atoms with E-state index in [1.807, 2.05) is 0 Å². The van der Waals surface area contributed by atoms with E-state index in [1.165, 1.54) is 13.8 Å². The van der Waals surface area contributed by atoms with Crippen LogP contribution in [0.25, 0.3) is 0 Å². The van der Waals surface area contributed by atoms with Gasteiger partial charge in [0, 0.05) is 30.7 Å². The third-order valence-electron chi connectivity index (χ3n) is 2.49. The third-order valence-corrected chi connectivity index (χ3v) is 2.49. The minimum atomic E-state index is -2.60. The molecule has 0 saturated carbocycles. The maximum absolute atomic E-state index is 11.3. The Bertz CT molecular complexity index is 615. The van der Waals surface area contributed by atoms with Crippen LogP contribution in [0, 0.1) is 11.8 Å². The number of nitrogens with one attached hydrogen (secondary N) is 2. The van der Waals surface area contributed by atoms with E-state index in [1.54, 1.807) is 13.8 Å². The van der Waals surface area contributed by atoms with Crippen molar-refractivity contribution in [3.63, 3.8) is 0 Å². The van der Waals surface area contributed by atoms with E-state index in [9.17, 15) is 4.79 Å². The van der Waals surface area contributed by atoms with Crippen molar-refractivity contribution in [2.75, 3.05) is 6.54 Å². The SMILES string of the molecule is Cl.Cl.S.S.[2H]C([2H])([2H])[C@@H]1C(=O)NC(C)(C)C1([2H])[2H].[2H]C([2H])([2H])[C@@H]1CNC(C)(C)C1([2H])[2H].[AlH3].[H-].[Li+]. The fourth-order valence-electron chi connectivity index (χ4n) is 1.74. The smallest absolute Gasteiger partial charge is 1.00 e. The number of rotatable bonds is 0. The Kier molecular flexibility index (Phi) is 11.8. The molecule has 2 rings (SSSR count). The molecule has 2 fully saturated rings. The van der Waals surface area contributed by atoms with E-state index < -0.39 is 55.3 Å². The van der Waals surface area contributed by atoms with Gasteiger partial charge in [0.1, 0.15) is 0 Å². The summed E-state index contributed by atoms with van der Waals surface area (Å²) in [7, 11) is 0. The van der Waals surface area contributed by atoms with Crippen molar-refractivity contribution in [3.8, 4) is 0 Å². The van der Waals surface area contributed by atoms with Crippen LogP contribution in [0.5, 0.6) is 0 Å². The van der Waals surface area contributed by atoms with Crippen LogP contribution in [0.3, 0.4) is 0 Å². The van der Waals surface area contributed by atoms with Crippen LogP contribution in [0.4, 0.5) is 0 Å². The van der Waals surface area contributed by atoms with Gasteiger partial charge in [-0.3, -0.25) is 4.79 Å². The molecule has 1 amide bonds. The van der Waals surface area contributed by atoms with Crippen LogP contribution in [0.15, 0.2) is 0 Å². The molecule has 0 aromatic carbocycles. The zero-order valence-electron chi connectivity index (χ0n) is 24.6. The van der Waals surface area contributed by atoms with Crippen LogP contribution < -0.4 is 29.5 Å². The fraction of sp³-hybridized carbons (Fsp3) is 0.929. The van der Waals surface area contributed by atoms with Crippen molar-refractivity contribution in [1.29, 1.82) is 0 Å². The monoisotopic (exact) mass is 428 g/mol. The van der Waals surface area contributed by atoms with E-state index in [0.29, 0.717) is 0 Å². The van der Waals surface area contributed by atoms with Gasteiger partial charge in [0.2, 0.25) is 5.91 Å². The summed E-state index contributed by atoms with van der Waals surface area (Å²) in [4.78, 5) is 11.3. The Morgan fingerprint density at radius 3 is 1.83 bits per heavy atom. The minimum Gasteiger partial charge on any atom is -1.00 e. The molecule has 2 aliphatic heterocycles. The van der Waals surface area contributed by atoms with Crippen molar-refractivity contribution >= 4 is 75.1 Å². The molecule has 2 aliphatic rings. The summed E-state index contributed by atoms with van der Waals surface area (Å²) in [6, 6.07) is 0. The molecule has 0 unspecified atom stereocenters. The number of carbonyl (C=O) groups excluding carboxylic acids is 1. The van der Waals surface area contributed by atoms with Crippen molar-refractivity contribution in [3.05, 3.63) is 0 Å². The van der Waals surface area contributed by atoms with E-state index in [2.05, 4.69) is 10.6 Å². The summed E-state index contributed by atoms with van der Waals surface area (Å²) in [5.41, 5.74) is -1.89. The summed E-state index contributed by atoms with van der Waals surface area (Å²) < 4.78 is 73.8. The van der Waals surface area contributed by atoms with E-state index in [4.69, 9.17) is 13.7 Å². The number of hydrogen-bond acceptors (Lipinski definition) is 2. The second-order valence-corrected chi connectivity index (χ2v) is 5.39. The first-order chi connectivity index (χ1) is 11.6. The Morgan fingerprint density at radius 2 is 1.65 bits per heavy atom. The second kappa shape index (κ2) is 16.0. The molecule has 2 heterocycles. The molecule has 0 spiro atoms. The molecule has 2 atom stereocenters. The van der Waals surface area contributed by atoms with Crippen LogP contribution >= 0.6 is 51.8 Å². The maximum atomic E-state index is 11.3. The predicted octanol–water partition coefficient (Wildman–Crippen LogP) is -0.683. The number of amides is 1. The summed E-state index contributed by atoms with van der Waals surface area (Å²) >= 11 is 0. The van der Waals surface area contributed by atoms with Crippen LogP contribution in [-0.4, -0.2) is 40.9 Å². The van der Waals surface area contributed by atoms with Gasteiger partial charge in [-0.1, -0.05) is 13.7 Å². The molecule has 2 saturated heterocycles. The van der Waals surface area contributed by atoms with E-state index in [-0.39, 0.29) is 96.0 Å². The summed E-state index contributed by atoms with van der Waals surface area (Å²) in [6.07, 6.45) is -3.74. The Morgan fingerprint density at radius 1 is 1.13 bits per heavy atom. The number of hydrogen-bond donors (Lipinski definition) is 2. The predicted molar refractivity (Wildman–Crippen MR) is 118 cm³/mol. The quantitative estimate of drug-likeness (QED) is 0.501. The molecule has 9 heteroatoms. The fourth-order valence-corrected chi connectivity index (χ4v) is 1.74. The first kappa shape index (κ1) is 17.0. The molecule has 140 valence electrons. The average molecular weight is 429 g/mol. The van der Waals surface area contributed by atoms with E-state index in [0.717, 1.165) is 0 Å². The summed E-state index contributed by atoms with van der Waals surface area (Å²) in [5, 5.41) is 5.27. The molecule has 0 aliphatic carbocycles. The molecule has 0 radical (unpaired) electrons. The van der Waals surface area contributed by atoms with Gasteiger partial charge in [0.15, 0.2) is 17.4 Å². The first-order valence-electron chi connectivity index (χ1n) is 10.7. The van der Waals surface area contributed by atoms with Crippen molar-refractivity contribution in [1.82, 2.24) is 10.6 Å². The van der Waals surface area contributed by atoms with Gasteiger partial charge >= 0.3 is 18.9 Å². The standard InChI is InChI=1S/C7H13NO.C7H15N.Al.2ClH.Li.2H2S.4H/c1-5-4-7(2,3)8-6(5)9;1-6-4-7(2,3)8-5-6;;;;;;;;;;/h5H,4H2,1-3H3,(H,8,9);6,8H,4-5H2,1-3H3;;2*1H;;2*1H2;;;;/q;;;;;+1;;;;;;-1/t5-;6-;;;;;;;;;;/m00........../s1/i2*1D3,4D2;;;;;;;;;;. The van der Waals surface area contributed by atoms with E-state index >= 15 is 0 Å². The molecule has 3 nitrogen and oxygen atoms in total. The van der Waals surface area contributed by atoms with Gasteiger partial charge < -0.3 is 12.1 Å². The van der Waals surface area contributed by atoms with Gasteiger partial charge in [0.05, 0.1) is 0 Å². The molecular weight excluding hydrogens is 381 g/mol. The summed E-state index contributed by atoms with van der Waals surface area (Å²) in [6.45, 7) is 1.76. The number of carbonyl (C=O) groups is 1. The van der Waals surface area contributed by atoms with Gasteiger partial charge in [-0.05, 0) is 52.9 Å². The van der Waals surface area contributed by atoms with Crippen LogP contribution in [0.2, 0.25) is 0 Å². The molecule has 0 aromatic heterocycles. The van der Waals surface area contributed by atoms with Gasteiger partial charge in [-0.2, -0.15) is 27.0 Å². The zero-order valence-corrected chi connectivity index (χ0v) is 17.2. The van der Waals surface area contributed by atoms with Crippen molar-refractivity contribution < 1.29 is 38.8 Å². The maximum Gasteiger partial charge on any atom is 1.00 e. The zero-order chi connectivity index (χ0) is 21.9. The Balaban J connectivity index is -0.0000000712. The first-order valence-corrected chi connectivity index (χ1v) is 5.66. The second-order valence-electron chi connectivity index (χ2n) is 5.39. The molecule has 0 bridgehead atoms. The van der Waals surface area contributed by atoms with Crippen molar-refractivity contribution in [2.24, 2.45) is 11.8 Å². The van der Waals surface area contributed by atoms with Gasteiger partial charge in [-0.15, -0.1) is 24.8 Å². The van der Waals surface area contributed by atoms with Crippen LogP contribution in [-0.2, 0) is 4.79 Å². The topological polar surface area (TPSA) is 41.1 Å². The molecule has 0 aromatic rings. The average Bonchev–Trinajstić information content (AvgIpc) is 2.64. The Hall–Kier alpha value is 1.84. The molecule has 23 heavy (non-hydrogen) atoms. The Labute approximate surface area is 207 Å². The van der Waals surface area contributed by atoms with Crippen molar-refractivity contribution in [2.45, 2.75) is 65.2 Å². The van der Waals surface area contributed by atoms with Crippen LogP contribution in [0.1, 0.15) is 69.3 Å². The third kappa shape index (κ3) is 15.8. The van der Waals surface area contributed by atoms with Gasteiger partial charge in [0.25, 0.3) is 0 Å². The summed E-state index contributed by atoms with van der Waals surface area (Å²) in [5.74, 6) is -3.22. The minimum absolute atomic E-state index is 0. The molecular formula is C14H38AlCl2LiN2OS2. The molecule has 2 N–H and O–H groups in total. The number of halogens is 2. The largest absolute Gasteiger partial charge is 1.00 e. The normalized spacial score (nSPS) is 37.0. The van der Waals surface area contributed by atoms with Gasteiger partial charge in [-0.25, -0.2) is 0 Å².